The molecule has 0 aliphatic rings. The molecule has 0 saturated carbocycles. The van der Waals surface area contributed by atoms with Gasteiger partial charge >= 0.3 is 0 Å². The summed E-state index contributed by atoms with van der Waals surface area (Å²) in [5.41, 5.74) is 7.58. The number of fused-ring (bicyclic) bond motifs is 4. The van der Waals surface area contributed by atoms with Gasteiger partial charge in [0.2, 0.25) is 0 Å². The van der Waals surface area contributed by atoms with Gasteiger partial charge in [-0.1, -0.05) is 114 Å². The van der Waals surface area contributed by atoms with Gasteiger partial charge in [0.15, 0.2) is 5.78 Å². The minimum Gasteiger partial charge on any atom is -0.506 e. The molecule has 49 heavy (non-hydrogen) atoms. The largest absolute Gasteiger partial charge is 0.506 e. The number of benzene rings is 5. The summed E-state index contributed by atoms with van der Waals surface area (Å²) < 4.78 is 1.50. The maximum absolute atomic E-state index is 15.1. The maximum Gasteiger partial charge on any atom is 0.269 e. The van der Waals surface area contributed by atoms with Crippen molar-refractivity contribution in [3.05, 3.63) is 159 Å². The first-order valence-corrected chi connectivity index (χ1v) is 16.0. The van der Waals surface area contributed by atoms with E-state index in [0.717, 1.165) is 16.7 Å². The van der Waals surface area contributed by atoms with E-state index in [9.17, 15) is 9.90 Å². The number of aryl methyl sites for hydroxylation is 3. The summed E-state index contributed by atoms with van der Waals surface area (Å²) in [5, 5.41) is 12.5. The van der Waals surface area contributed by atoms with Crippen molar-refractivity contribution in [2.45, 2.75) is 20.8 Å². The van der Waals surface area contributed by atoms with Gasteiger partial charge in [-0.05, 0) is 45.0 Å². The molecule has 7 nitrogen and oxygen atoms in total. The van der Waals surface area contributed by atoms with Gasteiger partial charge in [-0.3, -0.25) is 14.0 Å². The molecule has 0 radical (unpaired) electrons. The number of carbonyl (C=O) groups excluding carboxylic acids is 1. The molecule has 236 valence electrons. The van der Waals surface area contributed by atoms with E-state index in [-0.39, 0.29) is 22.3 Å². The Hall–Kier alpha value is -6.47. The highest BCUT2D eigenvalue weighted by molar-refractivity contribution is 6.18. The van der Waals surface area contributed by atoms with Crippen molar-refractivity contribution in [2.75, 3.05) is 0 Å². The zero-order valence-electron chi connectivity index (χ0n) is 27.1. The summed E-state index contributed by atoms with van der Waals surface area (Å²) in [7, 11) is 0. The molecule has 3 aromatic heterocycles. The highest BCUT2D eigenvalue weighted by Crippen LogP contribution is 2.40. The highest BCUT2D eigenvalue weighted by Gasteiger charge is 2.31. The zero-order chi connectivity index (χ0) is 33.8. The Bertz CT molecular complexity index is 2660. The minimum atomic E-state index is -0.544. The van der Waals surface area contributed by atoms with Crippen LogP contribution in [-0.2, 0) is 0 Å². The Labute approximate surface area is 281 Å². The van der Waals surface area contributed by atoms with Crippen molar-refractivity contribution in [2.24, 2.45) is 0 Å². The van der Waals surface area contributed by atoms with Crippen LogP contribution in [0.4, 0.5) is 0 Å². The van der Waals surface area contributed by atoms with Crippen molar-refractivity contribution in [1.29, 1.82) is 0 Å². The van der Waals surface area contributed by atoms with E-state index in [4.69, 9.17) is 15.0 Å². The minimum absolute atomic E-state index is 0.0444. The monoisotopic (exact) mass is 638 g/mol. The van der Waals surface area contributed by atoms with Crippen LogP contribution in [0.2, 0.25) is 0 Å². The number of rotatable bonds is 5. The Morgan fingerprint density at radius 3 is 1.63 bits per heavy atom. The van der Waals surface area contributed by atoms with E-state index in [1.54, 1.807) is 18.2 Å². The predicted molar refractivity (Wildman–Crippen MR) is 194 cm³/mol. The second-order valence-electron chi connectivity index (χ2n) is 12.4. The fraction of sp³-hybridized carbons (Fsp3) is 0.0714. The van der Waals surface area contributed by atoms with Crippen LogP contribution in [-0.4, -0.2) is 30.2 Å². The molecule has 0 atom stereocenters. The van der Waals surface area contributed by atoms with Crippen LogP contribution in [0.5, 0.6) is 5.75 Å². The highest BCUT2D eigenvalue weighted by atomic mass is 16.3. The summed E-state index contributed by atoms with van der Waals surface area (Å²) in [6.07, 6.45) is 0. The van der Waals surface area contributed by atoms with Gasteiger partial charge in [-0.15, -0.1) is 0 Å². The molecule has 0 aliphatic carbocycles. The van der Waals surface area contributed by atoms with Gasteiger partial charge in [0.05, 0.1) is 44.5 Å². The quantitative estimate of drug-likeness (QED) is 0.150. The third-order valence-electron chi connectivity index (χ3n) is 8.93. The van der Waals surface area contributed by atoms with E-state index >= 15 is 4.79 Å². The Morgan fingerprint density at radius 2 is 1.04 bits per heavy atom. The van der Waals surface area contributed by atoms with Gasteiger partial charge in [-0.25, -0.2) is 15.0 Å². The van der Waals surface area contributed by atoms with E-state index in [0.29, 0.717) is 50.1 Å². The number of nitrogens with zero attached hydrogens (tertiary/aromatic N) is 4. The molecule has 0 saturated heterocycles. The summed E-state index contributed by atoms with van der Waals surface area (Å²) in [6, 6.07) is 37.3. The summed E-state index contributed by atoms with van der Waals surface area (Å²) in [5.74, 6) is -0.925. The van der Waals surface area contributed by atoms with Crippen LogP contribution in [0.25, 0.3) is 61.4 Å². The lowest BCUT2D eigenvalue weighted by Crippen LogP contribution is -2.22. The molecule has 8 rings (SSSR count). The molecule has 3 heterocycles. The first-order chi connectivity index (χ1) is 23.8. The average molecular weight is 639 g/mol. The molecule has 0 spiro atoms. The van der Waals surface area contributed by atoms with E-state index in [2.05, 4.69) is 0 Å². The fourth-order valence-corrected chi connectivity index (χ4v) is 6.32. The second kappa shape index (κ2) is 11.6. The topological polar surface area (TPSA) is 97.5 Å². The molecule has 0 aliphatic heterocycles. The number of ketones is 1. The molecule has 0 bridgehead atoms. The number of aromatic hydroxyl groups is 1. The third-order valence-corrected chi connectivity index (χ3v) is 8.93. The summed E-state index contributed by atoms with van der Waals surface area (Å²) in [6.45, 7) is 5.92. The lowest BCUT2D eigenvalue weighted by Gasteiger charge is -2.19. The zero-order valence-corrected chi connectivity index (χ0v) is 27.1. The van der Waals surface area contributed by atoms with Gasteiger partial charge in [0, 0.05) is 16.7 Å². The Kier molecular flexibility index (Phi) is 7.11. The van der Waals surface area contributed by atoms with Gasteiger partial charge < -0.3 is 5.11 Å². The van der Waals surface area contributed by atoms with E-state index < -0.39 is 17.1 Å². The van der Waals surface area contributed by atoms with Gasteiger partial charge in [-0.2, -0.15) is 0 Å². The summed E-state index contributed by atoms with van der Waals surface area (Å²) in [4.78, 5) is 44.8. The van der Waals surface area contributed by atoms with Crippen LogP contribution in [0, 0.1) is 20.8 Å². The van der Waals surface area contributed by atoms with Crippen LogP contribution >= 0.6 is 0 Å². The molecule has 5 aromatic carbocycles. The first kappa shape index (κ1) is 29.9. The van der Waals surface area contributed by atoms with Crippen molar-refractivity contribution >= 4 is 33.4 Å². The number of pyridine rings is 1. The maximum atomic E-state index is 15.1. The van der Waals surface area contributed by atoms with Crippen molar-refractivity contribution in [3.63, 3.8) is 0 Å². The SMILES string of the molecule is Cc1ccc(C(=O)c2c(O)c(-c3nc4ccccc4nc3-c3ccc(C)cc3)c(=O)n3c2c(-c2ccc(C)cc2)nc2ccccc23)cc1. The number of aromatic nitrogens is 4. The molecule has 8 aromatic rings. The molecule has 0 amide bonds. The normalized spacial score (nSPS) is 11.4. The van der Waals surface area contributed by atoms with Gasteiger partial charge in [0.25, 0.3) is 5.56 Å². The number of carbonyl (C=O) groups is 1. The molecule has 0 unspecified atom stereocenters. The third kappa shape index (κ3) is 5.03. The molecule has 0 fully saturated rings. The van der Waals surface area contributed by atoms with Crippen LogP contribution < -0.4 is 5.56 Å². The van der Waals surface area contributed by atoms with E-state index in [1.807, 2.05) is 124 Å². The lowest BCUT2D eigenvalue weighted by molar-refractivity contribution is 0.103. The predicted octanol–water partition coefficient (Wildman–Crippen LogP) is 8.65. The van der Waals surface area contributed by atoms with Crippen LogP contribution in [0.1, 0.15) is 32.6 Å². The van der Waals surface area contributed by atoms with Crippen molar-refractivity contribution in [1.82, 2.24) is 19.4 Å². The van der Waals surface area contributed by atoms with Crippen molar-refractivity contribution < 1.29 is 9.90 Å². The first-order valence-electron chi connectivity index (χ1n) is 16.0. The molecule has 7 heteroatoms. The molecule has 1 N–H and O–H groups in total. The van der Waals surface area contributed by atoms with Crippen LogP contribution in [0.15, 0.2) is 126 Å². The lowest BCUT2D eigenvalue weighted by atomic mass is 9.94. The molecular weight excluding hydrogens is 608 g/mol. The number of para-hydroxylation sites is 4. The number of hydrogen-bond donors (Lipinski definition) is 1. The molecular formula is C42H30N4O3. The fourth-order valence-electron chi connectivity index (χ4n) is 6.32. The summed E-state index contributed by atoms with van der Waals surface area (Å²) >= 11 is 0. The smallest absolute Gasteiger partial charge is 0.269 e. The Balaban J connectivity index is 1.58. The second-order valence-corrected chi connectivity index (χ2v) is 12.4. The average Bonchev–Trinajstić information content (AvgIpc) is 3.12. The number of hydrogen-bond acceptors (Lipinski definition) is 6. The van der Waals surface area contributed by atoms with Gasteiger partial charge in [0.1, 0.15) is 17.0 Å². The van der Waals surface area contributed by atoms with Crippen LogP contribution in [0.3, 0.4) is 0 Å². The Morgan fingerprint density at radius 1 is 0.571 bits per heavy atom. The van der Waals surface area contributed by atoms with Crippen molar-refractivity contribution in [3.8, 4) is 39.5 Å². The standard InChI is InChI=1S/C42H30N4O3/c1-24-12-18-27(19-13-24)36-38(44-31-9-5-4-8-30(31)43-36)34-41(48)35(40(47)29-22-16-26(3)17-23-29)39-37(28-20-14-25(2)15-21-28)45-32-10-6-7-11-33(32)46(39)42(34)49/h4-23,48H,1-3H3. The van der Waals surface area contributed by atoms with E-state index in [1.165, 1.54) is 4.40 Å².